The van der Waals surface area contributed by atoms with Gasteiger partial charge in [0.05, 0.1) is 19.9 Å². The van der Waals surface area contributed by atoms with E-state index in [1.54, 1.807) is 14.2 Å². The van der Waals surface area contributed by atoms with Crippen molar-refractivity contribution in [1.82, 2.24) is 0 Å². The molecule has 2 aromatic rings. The second kappa shape index (κ2) is 11.2. The van der Waals surface area contributed by atoms with Crippen LogP contribution in [0.5, 0.6) is 11.5 Å². The summed E-state index contributed by atoms with van der Waals surface area (Å²) in [5.41, 5.74) is 3.90. The number of methoxy groups -OCH3 is 2. The summed E-state index contributed by atoms with van der Waals surface area (Å²) in [6.07, 6.45) is 0. The zero-order valence-corrected chi connectivity index (χ0v) is 17.1. The van der Waals surface area contributed by atoms with Gasteiger partial charge in [0.25, 0.3) is 0 Å². The van der Waals surface area contributed by atoms with Crippen molar-refractivity contribution in [3.05, 3.63) is 61.0 Å². The quantitative estimate of drug-likeness (QED) is 0.424. The molecule has 2 aromatic carbocycles. The van der Waals surface area contributed by atoms with Crippen molar-refractivity contribution in [1.29, 1.82) is 0 Å². The molecule has 0 saturated carbocycles. The van der Waals surface area contributed by atoms with Gasteiger partial charge in [-0.2, -0.15) is 0 Å². The maximum atomic E-state index is 5.20. The molecule has 0 saturated heterocycles. The fraction of sp³-hybridized carbons (Fsp3) is 0.222. The summed E-state index contributed by atoms with van der Waals surface area (Å²) in [6, 6.07) is 14.7. The van der Waals surface area contributed by atoms with Crippen LogP contribution in [0.4, 0.5) is 5.69 Å². The van der Waals surface area contributed by atoms with Crippen LogP contribution < -0.4 is 9.47 Å². The van der Waals surface area contributed by atoms with Crippen LogP contribution in [0.15, 0.2) is 41.4 Å². The van der Waals surface area contributed by atoms with Crippen LogP contribution in [0.3, 0.4) is 0 Å². The molecule has 0 N–H and O–H groups in total. The zero-order valence-electron chi connectivity index (χ0n) is 13.9. The predicted molar refractivity (Wildman–Crippen MR) is 93.7 cm³/mol. The fourth-order valence-electron chi connectivity index (χ4n) is 1.88. The Morgan fingerprint density at radius 1 is 1.09 bits per heavy atom. The van der Waals surface area contributed by atoms with E-state index in [4.69, 9.17) is 9.47 Å². The van der Waals surface area contributed by atoms with Crippen molar-refractivity contribution < 1.29 is 27.4 Å². The van der Waals surface area contributed by atoms with Crippen molar-refractivity contribution in [2.24, 2.45) is 4.99 Å². The third-order valence-electron chi connectivity index (χ3n) is 3.10. The van der Waals surface area contributed by atoms with E-state index in [9.17, 15) is 0 Å². The van der Waals surface area contributed by atoms with Crippen LogP contribution in [-0.2, 0) is 17.9 Å². The predicted octanol–water partition coefficient (Wildman–Crippen LogP) is 5.09. The van der Waals surface area contributed by atoms with Crippen LogP contribution in [0, 0.1) is 20.4 Å². The Labute approximate surface area is 153 Å². The first-order valence-electron chi connectivity index (χ1n) is 6.52. The van der Waals surface area contributed by atoms with Gasteiger partial charge >= 0.3 is 27.5 Å². The summed E-state index contributed by atoms with van der Waals surface area (Å²) in [5, 5.41) is 0. The molecule has 23 heavy (non-hydrogen) atoms. The molecule has 0 aromatic heterocycles. The van der Waals surface area contributed by atoms with Crippen molar-refractivity contribution >= 4 is 21.0 Å². The van der Waals surface area contributed by atoms with E-state index in [0.29, 0.717) is 0 Å². The third kappa shape index (κ3) is 6.34. The van der Waals surface area contributed by atoms with Crippen LogP contribution in [0.25, 0.3) is 0 Å². The fourth-order valence-corrected chi connectivity index (χ4v) is 1.88. The monoisotopic (exact) mass is 511 g/mol. The number of nitrogens with zero attached hydrogens (tertiary/aromatic N) is 1. The van der Waals surface area contributed by atoms with E-state index in [2.05, 4.69) is 20.6 Å². The van der Waals surface area contributed by atoms with Gasteiger partial charge in [-0.05, 0) is 36.4 Å². The van der Waals surface area contributed by atoms with Crippen molar-refractivity contribution in [2.75, 3.05) is 14.2 Å². The van der Waals surface area contributed by atoms with Crippen LogP contribution in [0.2, 0.25) is 0 Å². The molecule has 0 spiro atoms. The Bertz CT molecular complexity index is 627. The molecular formula is C18H21ClIrNO2. The van der Waals surface area contributed by atoms with Crippen molar-refractivity contribution in [3.63, 3.8) is 0 Å². The minimum atomic E-state index is 0. The van der Waals surface area contributed by atoms with E-state index in [0.717, 1.165) is 34.0 Å². The molecule has 0 amide bonds. The van der Waals surface area contributed by atoms with Crippen LogP contribution >= 0.6 is 9.58 Å². The maximum absolute atomic E-state index is 5.20. The molecule has 0 atom stereocenters. The first kappa shape index (κ1) is 21.6. The van der Waals surface area contributed by atoms with Gasteiger partial charge in [-0.25, -0.2) is 0 Å². The molecule has 0 fully saturated rings. The van der Waals surface area contributed by atoms with E-state index >= 15 is 0 Å². The summed E-state index contributed by atoms with van der Waals surface area (Å²) < 4.78 is 10.3. The van der Waals surface area contributed by atoms with E-state index in [1.165, 1.54) is 17.9 Å². The second-order valence-corrected chi connectivity index (χ2v) is 4.49. The second-order valence-electron chi connectivity index (χ2n) is 4.49. The topological polar surface area (TPSA) is 30.8 Å². The molecule has 5 heteroatoms. The number of benzene rings is 2. The summed E-state index contributed by atoms with van der Waals surface area (Å²) >= 11 is 1.47. The average Bonchev–Trinajstić information content (AvgIpc) is 2.58. The molecule has 3 nitrogen and oxygen atoms in total. The Morgan fingerprint density at radius 2 is 1.70 bits per heavy atom. The number of rotatable bonds is 4. The van der Waals surface area contributed by atoms with Gasteiger partial charge in [0.15, 0.2) is 0 Å². The molecule has 0 radical (unpaired) electrons. The number of aliphatic imine (C=N–C) groups is 1. The van der Waals surface area contributed by atoms with Gasteiger partial charge in [0, 0.05) is 5.75 Å². The van der Waals surface area contributed by atoms with Crippen LogP contribution in [0.1, 0.15) is 18.1 Å². The van der Waals surface area contributed by atoms with Crippen molar-refractivity contribution in [3.8, 4) is 11.5 Å². The molecule has 0 aliphatic rings. The van der Waals surface area contributed by atoms with Gasteiger partial charge in [-0.3, -0.25) is 0 Å². The van der Waals surface area contributed by atoms with Gasteiger partial charge in [-0.15, -0.1) is 29.8 Å². The Balaban J connectivity index is 0.00000155. The molecule has 126 valence electrons. The zero-order chi connectivity index (χ0) is 16.5. The molecule has 0 unspecified atom stereocenters. The minimum absolute atomic E-state index is 0. The summed E-state index contributed by atoms with van der Waals surface area (Å²) in [6.45, 7) is 3.99. The molecule has 0 bridgehead atoms. The number of halogens is 1. The number of aryl methyl sites for hydroxylation is 1. The van der Waals surface area contributed by atoms with E-state index in [-0.39, 0.29) is 7.43 Å². The van der Waals surface area contributed by atoms with E-state index in [1.807, 2.05) is 50.2 Å². The molecule has 0 heterocycles. The average molecular weight is 511 g/mol. The van der Waals surface area contributed by atoms with Gasteiger partial charge in [0.1, 0.15) is 5.75 Å². The number of hydrogen-bond acceptors (Lipinski definition) is 3. The Morgan fingerprint density at radius 3 is 2.17 bits per heavy atom. The van der Waals surface area contributed by atoms with Crippen molar-refractivity contribution in [2.45, 2.75) is 13.8 Å². The number of hydrogen-bond donors (Lipinski definition) is 0. The molecule has 0 aliphatic heterocycles. The summed E-state index contributed by atoms with van der Waals surface area (Å²) in [4.78, 5) is 4.65. The molecule has 2 rings (SSSR count). The third-order valence-corrected chi connectivity index (χ3v) is 3.10. The Hall–Kier alpha value is -1.35. The normalized spacial score (nSPS) is 10.1. The van der Waals surface area contributed by atoms with Crippen LogP contribution in [-0.4, -0.2) is 19.9 Å². The molecule has 0 aliphatic carbocycles. The summed E-state index contributed by atoms with van der Waals surface area (Å²) in [7, 11) is 7.94. The number of ether oxygens (including phenoxy) is 2. The first-order chi connectivity index (χ1) is 10.6. The van der Waals surface area contributed by atoms with E-state index < -0.39 is 0 Å². The van der Waals surface area contributed by atoms with Gasteiger partial charge < -0.3 is 21.9 Å². The molecular weight excluding hydrogens is 490 g/mol. The first-order valence-corrected chi connectivity index (χ1v) is 9.49. The van der Waals surface area contributed by atoms with Gasteiger partial charge in [-0.1, -0.05) is 6.92 Å². The Kier molecular flexibility index (Phi) is 10.6. The standard InChI is InChI=1S/C17H18NO2.CH3.ClH.Ir/c1-12-11-16(20-4)9-10-17(12)18-13(2)14-5-7-15(19-3)8-6-14;;;/h5,7-11H,1-4H3;1H3;1H;/q2*-1;;+3/p-1. The summed E-state index contributed by atoms with van der Waals surface area (Å²) in [5.74, 6) is 1.64. The van der Waals surface area contributed by atoms with Gasteiger partial charge in [0.2, 0.25) is 0 Å². The SMILES string of the molecule is COc1c[c-]c(C(C)=Nc2ccc(OC)cc2C)cc1.[CH3-].[Cl][Ir+2].